The lowest BCUT2D eigenvalue weighted by molar-refractivity contribution is 0.465. The van der Waals surface area contributed by atoms with Crippen molar-refractivity contribution in [1.82, 2.24) is 0 Å². The molecule has 0 aromatic heterocycles. The molecule has 3 aromatic carbocycles. The first-order chi connectivity index (χ1) is 12.3. The van der Waals surface area contributed by atoms with E-state index in [4.69, 9.17) is 51.1 Å². The Hall–Kier alpha value is -1.78. The second-order valence-electron chi connectivity index (χ2n) is 5.57. The lowest BCUT2D eigenvalue weighted by Crippen LogP contribution is -1.90. The molecular weight excluding hydrogens is 418 g/mol. The summed E-state index contributed by atoms with van der Waals surface area (Å²) in [5, 5.41) is 19.9. The van der Waals surface area contributed by atoms with Crippen molar-refractivity contribution in [3.05, 3.63) is 79.7 Å². The van der Waals surface area contributed by atoms with E-state index in [1.807, 2.05) is 12.1 Å². The summed E-state index contributed by atoms with van der Waals surface area (Å²) in [5.74, 6) is 0.713. The zero-order valence-electron chi connectivity index (χ0n) is 13.1. The van der Waals surface area contributed by atoms with Crippen LogP contribution in [0.25, 0.3) is 0 Å². The Bertz CT molecular complexity index is 831. The molecule has 0 fully saturated rings. The molecule has 134 valence electrons. The Morgan fingerprint density at radius 1 is 0.615 bits per heavy atom. The fraction of sp³-hybridized carbons (Fsp3) is 0.0526. The van der Waals surface area contributed by atoms with Gasteiger partial charge in [-0.2, -0.15) is 0 Å². The number of hydrogen-bond donors (Lipinski definition) is 2. The van der Waals surface area contributed by atoms with Gasteiger partial charge in [-0.25, -0.2) is 0 Å². The fourth-order valence-electron chi connectivity index (χ4n) is 2.37. The molecule has 26 heavy (non-hydrogen) atoms. The van der Waals surface area contributed by atoms with Crippen molar-refractivity contribution in [2.24, 2.45) is 0 Å². The largest absolute Gasteiger partial charge is 0.505 e. The first-order valence-corrected chi connectivity index (χ1v) is 8.96. The zero-order chi connectivity index (χ0) is 18.8. The van der Waals surface area contributed by atoms with E-state index in [2.05, 4.69) is 0 Å². The molecule has 0 aliphatic carbocycles. The second kappa shape index (κ2) is 7.85. The van der Waals surface area contributed by atoms with Gasteiger partial charge in [0.25, 0.3) is 0 Å². The monoisotopic (exact) mass is 428 g/mol. The predicted octanol–water partition coefficient (Wildman–Crippen LogP) is 7.09. The minimum absolute atomic E-state index is 0.116. The molecule has 3 nitrogen and oxygen atoms in total. The summed E-state index contributed by atoms with van der Waals surface area (Å²) in [7, 11) is 0. The maximum atomic E-state index is 9.61. The molecule has 0 spiro atoms. The van der Waals surface area contributed by atoms with Crippen molar-refractivity contribution in [2.45, 2.75) is 6.42 Å². The third-order valence-electron chi connectivity index (χ3n) is 3.63. The van der Waals surface area contributed by atoms with Gasteiger partial charge < -0.3 is 14.9 Å². The number of benzene rings is 3. The summed E-state index contributed by atoms with van der Waals surface area (Å²) >= 11 is 23.7. The van der Waals surface area contributed by atoms with Gasteiger partial charge in [0.15, 0.2) is 11.5 Å². The Morgan fingerprint density at radius 2 is 1.08 bits per heavy atom. The number of hydrogen-bond acceptors (Lipinski definition) is 3. The molecule has 7 heteroatoms. The van der Waals surface area contributed by atoms with Crippen LogP contribution in [-0.4, -0.2) is 10.2 Å². The van der Waals surface area contributed by atoms with Crippen LogP contribution < -0.4 is 4.74 Å². The Morgan fingerprint density at radius 3 is 1.58 bits per heavy atom. The van der Waals surface area contributed by atoms with Gasteiger partial charge in [0.05, 0.1) is 20.1 Å². The first-order valence-electron chi connectivity index (χ1n) is 7.45. The van der Waals surface area contributed by atoms with Gasteiger partial charge in [-0.3, -0.25) is 0 Å². The molecule has 0 radical (unpaired) electrons. The van der Waals surface area contributed by atoms with Crippen LogP contribution in [0.5, 0.6) is 23.0 Å². The molecule has 0 aliphatic rings. The van der Waals surface area contributed by atoms with Gasteiger partial charge in [0.2, 0.25) is 0 Å². The van der Waals surface area contributed by atoms with E-state index in [1.165, 1.54) is 12.1 Å². The van der Waals surface area contributed by atoms with Gasteiger partial charge >= 0.3 is 0 Å². The fourth-order valence-corrected chi connectivity index (χ4v) is 3.37. The van der Waals surface area contributed by atoms with E-state index >= 15 is 0 Å². The summed E-state index contributed by atoms with van der Waals surface area (Å²) in [6, 6.07) is 13.7. The number of phenols is 2. The van der Waals surface area contributed by atoms with Gasteiger partial charge in [-0.1, -0.05) is 58.5 Å². The van der Waals surface area contributed by atoms with Gasteiger partial charge in [0.1, 0.15) is 11.5 Å². The molecule has 3 rings (SSSR count). The molecule has 0 aliphatic heterocycles. The van der Waals surface area contributed by atoms with Crippen LogP contribution >= 0.6 is 46.4 Å². The van der Waals surface area contributed by atoms with Crippen LogP contribution in [0, 0.1) is 0 Å². The molecule has 0 bridgehead atoms. The van der Waals surface area contributed by atoms with Gasteiger partial charge in [-0.15, -0.1) is 0 Å². The number of rotatable bonds is 4. The Labute approximate surface area is 170 Å². The topological polar surface area (TPSA) is 49.7 Å². The average Bonchev–Trinajstić information content (AvgIpc) is 2.59. The van der Waals surface area contributed by atoms with Gasteiger partial charge in [-0.05, 0) is 41.8 Å². The summed E-state index contributed by atoms with van der Waals surface area (Å²) in [5.41, 5.74) is 1.89. The number of aromatic hydroxyl groups is 2. The maximum Gasteiger partial charge on any atom is 0.153 e. The van der Waals surface area contributed by atoms with Crippen molar-refractivity contribution in [3.8, 4) is 23.0 Å². The lowest BCUT2D eigenvalue weighted by Gasteiger charge is -2.10. The zero-order valence-corrected chi connectivity index (χ0v) is 16.2. The van der Waals surface area contributed by atoms with Crippen LogP contribution in [0.15, 0.2) is 48.5 Å². The van der Waals surface area contributed by atoms with Crippen LogP contribution in [-0.2, 0) is 6.42 Å². The maximum absolute atomic E-state index is 9.61. The molecule has 0 amide bonds. The predicted molar refractivity (Wildman–Crippen MR) is 106 cm³/mol. The van der Waals surface area contributed by atoms with Crippen molar-refractivity contribution in [3.63, 3.8) is 0 Å². The van der Waals surface area contributed by atoms with E-state index in [9.17, 15) is 10.2 Å². The Kier molecular flexibility index (Phi) is 5.73. The third-order valence-corrected chi connectivity index (χ3v) is 4.79. The van der Waals surface area contributed by atoms with Crippen molar-refractivity contribution < 1.29 is 14.9 Å². The number of phenolic OH excluding ortho intramolecular Hbond substituents is 2. The first kappa shape index (κ1) is 19.0. The van der Waals surface area contributed by atoms with E-state index in [0.717, 1.165) is 11.1 Å². The van der Waals surface area contributed by atoms with Crippen molar-refractivity contribution in [1.29, 1.82) is 0 Å². The molecule has 3 aromatic rings. The van der Waals surface area contributed by atoms with E-state index in [1.54, 1.807) is 24.3 Å². The highest BCUT2D eigenvalue weighted by atomic mass is 35.5. The second-order valence-corrected chi connectivity index (χ2v) is 7.20. The summed E-state index contributed by atoms with van der Waals surface area (Å²) in [6.45, 7) is 0. The molecule has 0 saturated carbocycles. The Balaban J connectivity index is 1.75. The number of ether oxygens (including phenoxy) is 1. The van der Waals surface area contributed by atoms with Crippen molar-refractivity contribution >= 4 is 46.4 Å². The quantitative estimate of drug-likeness (QED) is 0.465. The highest BCUT2D eigenvalue weighted by Gasteiger charge is 2.09. The van der Waals surface area contributed by atoms with Crippen LogP contribution in [0.3, 0.4) is 0 Å². The minimum atomic E-state index is -0.178. The lowest BCUT2D eigenvalue weighted by atomic mass is 10.0. The van der Waals surface area contributed by atoms with Crippen LogP contribution in [0.1, 0.15) is 11.1 Å². The standard InChI is InChI=1S/C19H12Cl4O3/c20-14-6-11(7-15(21)18(14)24)5-10-1-3-12(4-2-10)26-13-8-16(22)19(25)17(23)9-13/h1-4,6-9,24-25H,5H2. The minimum Gasteiger partial charge on any atom is -0.505 e. The van der Waals surface area contributed by atoms with Gasteiger partial charge in [0, 0.05) is 12.1 Å². The van der Waals surface area contributed by atoms with Crippen LogP contribution in [0.2, 0.25) is 20.1 Å². The molecule has 0 atom stereocenters. The molecule has 0 heterocycles. The smallest absolute Gasteiger partial charge is 0.153 e. The SMILES string of the molecule is Oc1c(Cl)cc(Cc2ccc(Oc3cc(Cl)c(O)c(Cl)c3)cc2)cc1Cl. The summed E-state index contributed by atoms with van der Waals surface area (Å²) in [4.78, 5) is 0. The molecule has 2 N–H and O–H groups in total. The highest BCUT2D eigenvalue weighted by molar-refractivity contribution is 6.37. The molecule has 0 unspecified atom stereocenters. The summed E-state index contributed by atoms with van der Waals surface area (Å²) in [6.07, 6.45) is 0.594. The van der Waals surface area contributed by atoms with Crippen molar-refractivity contribution in [2.75, 3.05) is 0 Å². The average molecular weight is 430 g/mol. The highest BCUT2D eigenvalue weighted by Crippen LogP contribution is 2.37. The molecule has 0 saturated heterocycles. The van der Waals surface area contributed by atoms with E-state index < -0.39 is 0 Å². The third kappa shape index (κ3) is 4.30. The van der Waals surface area contributed by atoms with E-state index in [0.29, 0.717) is 17.9 Å². The molecular formula is C19H12Cl4O3. The normalized spacial score (nSPS) is 10.8. The van der Waals surface area contributed by atoms with E-state index in [-0.39, 0.29) is 31.6 Å². The summed E-state index contributed by atoms with van der Waals surface area (Å²) < 4.78 is 5.70. The van der Waals surface area contributed by atoms with Crippen LogP contribution in [0.4, 0.5) is 0 Å². The number of halogens is 4.